The number of unbranched alkanes of at least 4 members (excludes halogenated alkanes) is 10. The van der Waals surface area contributed by atoms with E-state index in [1.807, 2.05) is 23.9 Å². The third kappa shape index (κ3) is 16.0. The Balaban J connectivity index is 3.68. The van der Waals surface area contributed by atoms with Gasteiger partial charge in [-0.15, -0.1) is 11.8 Å². The van der Waals surface area contributed by atoms with Crippen molar-refractivity contribution >= 4 is 23.6 Å². The number of amides is 2. The van der Waals surface area contributed by atoms with E-state index in [-0.39, 0.29) is 11.8 Å². The summed E-state index contributed by atoms with van der Waals surface area (Å²) in [6.45, 7) is 6.11. The lowest BCUT2D eigenvalue weighted by Crippen LogP contribution is -2.32. The zero-order valence-electron chi connectivity index (χ0n) is 18.4. The van der Waals surface area contributed by atoms with Crippen LogP contribution in [0.5, 0.6) is 0 Å². The predicted octanol–water partition coefficient (Wildman–Crippen LogP) is 5.36. The molecule has 0 unspecified atom stereocenters. The van der Waals surface area contributed by atoms with Crippen LogP contribution in [0.25, 0.3) is 0 Å². The molecule has 0 saturated carbocycles. The summed E-state index contributed by atoms with van der Waals surface area (Å²) in [6.07, 6.45) is 14.9. The number of thioether (sulfide) groups is 1. The second-order valence-electron chi connectivity index (χ2n) is 7.66. The average molecular weight is 401 g/mol. The monoisotopic (exact) mass is 400 g/mol. The van der Waals surface area contributed by atoms with Crippen LogP contribution in [0.1, 0.15) is 90.9 Å². The van der Waals surface area contributed by atoms with Crippen molar-refractivity contribution in [2.24, 2.45) is 0 Å². The van der Waals surface area contributed by atoms with Gasteiger partial charge in [-0.05, 0) is 12.8 Å². The van der Waals surface area contributed by atoms with Gasteiger partial charge in [-0.25, -0.2) is 0 Å². The molecule has 0 fully saturated rings. The van der Waals surface area contributed by atoms with Gasteiger partial charge in [0.25, 0.3) is 0 Å². The first-order chi connectivity index (χ1) is 13.0. The molecule has 0 radical (unpaired) electrons. The lowest BCUT2D eigenvalue weighted by Gasteiger charge is -2.18. The minimum Gasteiger partial charge on any atom is -0.345 e. The molecular weight excluding hydrogens is 356 g/mol. The Bertz CT molecular complexity index is 343. The molecule has 0 atom stereocenters. The second kappa shape index (κ2) is 18.6. The summed E-state index contributed by atoms with van der Waals surface area (Å²) in [5.74, 6) is 1.09. The van der Waals surface area contributed by atoms with Gasteiger partial charge in [0.1, 0.15) is 0 Å². The zero-order valence-corrected chi connectivity index (χ0v) is 19.2. The van der Waals surface area contributed by atoms with E-state index in [1.54, 1.807) is 0 Å². The molecule has 160 valence electrons. The Kier molecular flexibility index (Phi) is 18.2. The molecule has 0 aliphatic rings. The highest BCUT2D eigenvalue weighted by Gasteiger charge is 2.12. The number of carbonyl (C=O) groups is 2. The van der Waals surface area contributed by atoms with Gasteiger partial charge in [-0.3, -0.25) is 9.59 Å². The van der Waals surface area contributed by atoms with Crippen LogP contribution in [-0.4, -0.2) is 60.3 Å². The largest absolute Gasteiger partial charge is 0.345 e. The molecule has 4 nitrogen and oxygen atoms in total. The van der Waals surface area contributed by atoms with Crippen molar-refractivity contribution in [3.8, 4) is 0 Å². The number of nitrogens with zero attached hydrogens (tertiary/aromatic N) is 2. The molecule has 0 N–H and O–H groups in total. The van der Waals surface area contributed by atoms with Gasteiger partial charge >= 0.3 is 0 Å². The van der Waals surface area contributed by atoms with Crippen LogP contribution in [0.3, 0.4) is 0 Å². The van der Waals surface area contributed by atoms with E-state index in [0.29, 0.717) is 11.5 Å². The van der Waals surface area contributed by atoms with Gasteiger partial charge in [0.2, 0.25) is 11.8 Å². The van der Waals surface area contributed by atoms with E-state index >= 15 is 0 Å². The number of rotatable bonds is 18. The molecule has 0 aromatic rings. The van der Waals surface area contributed by atoms with Crippen LogP contribution in [0.2, 0.25) is 0 Å². The fraction of sp³-hybridized carbons (Fsp3) is 0.909. The normalized spacial score (nSPS) is 10.8. The van der Waals surface area contributed by atoms with E-state index < -0.39 is 0 Å². The third-order valence-electron chi connectivity index (χ3n) is 5.00. The topological polar surface area (TPSA) is 40.6 Å². The summed E-state index contributed by atoms with van der Waals surface area (Å²) in [4.78, 5) is 27.9. The lowest BCUT2D eigenvalue weighted by atomic mass is 10.1. The Labute approximate surface area is 172 Å². The summed E-state index contributed by atoms with van der Waals surface area (Å²) in [5, 5.41) is 0. The summed E-state index contributed by atoms with van der Waals surface area (Å²) < 4.78 is 0. The predicted molar refractivity (Wildman–Crippen MR) is 119 cm³/mol. The van der Waals surface area contributed by atoms with E-state index in [4.69, 9.17) is 0 Å². The van der Waals surface area contributed by atoms with Crippen molar-refractivity contribution in [1.29, 1.82) is 0 Å². The Morgan fingerprint density at radius 2 is 0.926 bits per heavy atom. The number of hydrogen-bond donors (Lipinski definition) is 0. The zero-order chi connectivity index (χ0) is 20.3. The quantitative estimate of drug-likeness (QED) is 0.291. The van der Waals surface area contributed by atoms with Crippen LogP contribution in [0, 0.1) is 0 Å². The Morgan fingerprint density at radius 1 is 0.593 bits per heavy atom. The number of hydrogen-bond acceptors (Lipinski definition) is 3. The summed E-state index contributed by atoms with van der Waals surface area (Å²) in [5.41, 5.74) is 0. The minimum absolute atomic E-state index is 0.139. The fourth-order valence-electron chi connectivity index (χ4n) is 2.95. The van der Waals surface area contributed by atoms with Crippen LogP contribution < -0.4 is 0 Å². The van der Waals surface area contributed by atoms with Gasteiger partial charge in [0.05, 0.1) is 11.5 Å². The van der Waals surface area contributed by atoms with Crippen LogP contribution in [0.4, 0.5) is 0 Å². The lowest BCUT2D eigenvalue weighted by molar-refractivity contribution is -0.127. The first-order valence-corrected chi connectivity index (χ1v) is 12.2. The van der Waals surface area contributed by atoms with Crippen LogP contribution >= 0.6 is 11.8 Å². The van der Waals surface area contributed by atoms with Gasteiger partial charge in [-0.1, -0.05) is 78.1 Å². The standard InChI is InChI=1S/C22H44N2O2S/c1-5-7-9-11-13-15-17-23(3)21(25)19-27-20-22(26)24(4)18-16-14-12-10-8-6-2/h5-20H2,1-4H3. The summed E-state index contributed by atoms with van der Waals surface area (Å²) in [7, 11) is 3.75. The van der Waals surface area contributed by atoms with Crippen molar-refractivity contribution in [3.63, 3.8) is 0 Å². The third-order valence-corrected chi connectivity index (χ3v) is 5.90. The molecule has 0 bridgehead atoms. The maximum absolute atomic E-state index is 12.1. The molecule has 0 aliphatic heterocycles. The molecule has 27 heavy (non-hydrogen) atoms. The maximum atomic E-state index is 12.1. The minimum atomic E-state index is 0.139. The highest BCUT2D eigenvalue weighted by Crippen LogP contribution is 2.09. The molecule has 0 aromatic carbocycles. The Hall–Kier alpha value is -0.710. The van der Waals surface area contributed by atoms with E-state index in [9.17, 15) is 9.59 Å². The van der Waals surface area contributed by atoms with Crippen molar-refractivity contribution < 1.29 is 9.59 Å². The average Bonchev–Trinajstić information content (AvgIpc) is 2.66. The summed E-state index contributed by atoms with van der Waals surface area (Å²) in [6, 6.07) is 0. The van der Waals surface area contributed by atoms with Gasteiger partial charge < -0.3 is 9.80 Å². The van der Waals surface area contributed by atoms with E-state index in [1.165, 1.54) is 76.0 Å². The first kappa shape index (κ1) is 26.3. The Morgan fingerprint density at radius 3 is 1.30 bits per heavy atom. The van der Waals surface area contributed by atoms with Crippen molar-refractivity contribution in [1.82, 2.24) is 9.80 Å². The SMILES string of the molecule is CCCCCCCCN(C)C(=O)CSCC(=O)N(C)CCCCCCCC. The molecule has 0 rings (SSSR count). The van der Waals surface area contributed by atoms with Crippen LogP contribution in [-0.2, 0) is 9.59 Å². The maximum Gasteiger partial charge on any atom is 0.232 e. The molecule has 0 saturated heterocycles. The molecule has 0 spiro atoms. The smallest absolute Gasteiger partial charge is 0.232 e. The molecular formula is C22H44N2O2S. The molecule has 0 aliphatic carbocycles. The second-order valence-corrected chi connectivity index (χ2v) is 8.64. The van der Waals surface area contributed by atoms with Crippen molar-refractivity contribution in [3.05, 3.63) is 0 Å². The van der Waals surface area contributed by atoms with Crippen molar-refractivity contribution in [2.75, 3.05) is 38.7 Å². The van der Waals surface area contributed by atoms with E-state index in [2.05, 4.69) is 13.8 Å². The number of carbonyl (C=O) groups excluding carboxylic acids is 2. The van der Waals surface area contributed by atoms with E-state index in [0.717, 1.165) is 25.9 Å². The fourth-order valence-corrected chi connectivity index (χ4v) is 3.85. The van der Waals surface area contributed by atoms with Crippen LogP contribution in [0.15, 0.2) is 0 Å². The van der Waals surface area contributed by atoms with Gasteiger partial charge in [0, 0.05) is 27.2 Å². The molecule has 0 heterocycles. The van der Waals surface area contributed by atoms with Gasteiger partial charge in [0.15, 0.2) is 0 Å². The van der Waals surface area contributed by atoms with Gasteiger partial charge in [-0.2, -0.15) is 0 Å². The highest BCUT2D eigenvalue weighted by atomic mass is 32.2. The first-order valence-electron chi connectivity index (χ1n) is 11.1. The summed E-state index contributed by atoms with van der Waals surface area (Å²) >= 11 is 1.44. The highest BCUT2D eigenvalue weighted by molar-refractivity contribution is 8.00. The van der Waals surface area contributed by atoms with Crippen molar-refractivity contribution in [2.45, 2.75) is 90.9 Å². The molecule has 5 heteroatoms. The molecule has 2 amide bonds. The molecule has 0 aromatic heterocycles.